The predicted molar refractivity (Wildman–Crippen MR) is 81.9 cm³/mol. The summed E-state index contributed by atoms with van der Waals surface area (Å²) in [4.78, 5) is 11.4. The van der Waals surface area contributed by atoms with Crippen molar-refractivity contribution < 1.29 is 9.53 Å². The number of amides is 1. The maximum atomic E-state index is 11.4. The Morgan fingerprint density at radius 3 is 2.70 bits per heavy atom. The molecule has 0 aliphatic heterocycles. The molecule has 0 aliphatic rings. The molecular formula is C16H24N2O2. The van der Waals surface area contributed by atoms with E-state index >= 15 is 0 Å². The van der Waals surface area contributed by atoms with Gasteiger partial charge < -0.3 is 15.4 Å². The summed E-state index contributed by atoms with van der Waals surface area (Å²) in [5, 5.41) is 6.09. The van der Waals surface area contributed by atoms with Crippen molar-refractivity contribution in [2.24, 2.45) is 0 Å². The molecule has 0 fully saturated rings. The summed E-state index contributed by atoms with van der Waals surface area (Å²) in [5.41, 5.74) is 1.21. The third kappa shape index (κ3) is 5.89. The van der Waals surface area contributed by atoms with Crippen molar-refractivity contribution >= 4 is 5.91 Å². The van der Waals surface area contributed by atoms with Gasteiger partial charge >= 0.3 is 0 Å². The first-order valence-corrected chi connectivity index (χ1v) is 7.01. The van der Waals surface area contributed by atoms with E-state index < -0.39 is 0 Å². The number of benzene rings is 1. The van der Waals surface area contributed by atoms with E-state index in [0.29, 0.717) is 18.3 Å². The third-order valence-corrected chi connectivity index (χ3v) is 2.89. The Hall–Kier alpha value is -1.81. The van der Waals surface area contributed by atoms with Crippen LogP contribution in [0.15, 0.2) is 36.9 Å². The van der Waals surface area contributed by atoms with Crippen molar-refractivity contribution in [1.29, 1.82) is 0 Å². The summed E-state index contributed by atoms with van der Waals surface area (Å²) in [7, 11) is 0. The van der Waals surface area contributed by atoms with Crippen molar-refractivity contribution in [1.82, 2.24) is 10.6 Å². The van der Waals surface area contributed by atoms with E-state index in [9.17, 15) is 4.79 Å². The first-order valence-electron chi connectivity index (χ1n) is 7.01. The fourth-order valence-corrected chi connectivity index (χ4v) is 1.72. The summed E-state index contributed by atoms with van der Waals surface area (Å²) in [6.45, 7) is 9.30. The van der Waals surface area contributed by atoms with Gasteiger partial charge in [-0.1, -0.05) is 25.1 Å². The standard InChI is InChI=1S/C16H24N2O2/c1-4-10-17-13(3)14-6-8-15(9-7-14)20-12-16(19)18-11-5-2/h5-9,13,17H,2,4,10-12H2,1,3H3,(H,18,19). The van der Waals surface area contributed by atoms with Crippen molar-refractivity contribution in [2.75, 3.05) is 19.7 Å². The van der Waals surface area contributed by atoms with Gasteiger partial charge in [0.15, 0.2) is 6.61 Å². The Kier molecular flexibility index (Phi) is 7.43. The highest BCUT2D eigenvalue weighted by molar-refractivity contribution is 5.77. The van der Waals surface area contributed by atoms with E-state index in [-0.39, 0.29) is 12.5 Å². The Balaban J connectivity index is 2.42. The summed E-state index contributed by atoms with van der Waals surface area (Å²) < 4.78 is 5.41. The highest BCUT2D eigenvalue weighted by Crippen LogP contribution is 2.17. The van der Waals surface area contributed by atoms with Crippen LogP contribution in [0, 0.1) is 0 Å². The van der Waals surface area contributed by atoms with Crippen molar-refractivity contribution in [3.8, 4) is 5.75 Å². The lowest BCUT2D eigenvalue weighted by Gasteiger charge is -2.14. The van der Waals surface area contributed by atoms with Gasteiger partial charge in [0.2, 0.25) is 0 Å². The van der Waals surface area contributed by atoms with E-state index in [2.05, 4.69) is 31.1 Å². The molecule has 0 radical (unpaired) electrons. The molecule has 0 saturated carbocycles. The minimum Gasteiger partial charge on any atom is -0.484 e. The van der Waals surface area contributed by atoms with Crippen molar-refractivity contribution in [3.63, 3.8) is 0 Å². The Labute approximate surface area is 121 Å². The van der Waals surface area contributed by atoms with Crippen LogP contribution < -0.4 is 15.4 Å². The van der Waals surface area contributed by atoms with Crippen LogP contribution in [-0.2, 0) is 4.79 Å². The van der Waals surface area contributed by atoms with Gasteiger partial charge in [-0.05, 0) is 37.6 Å². The monoisotopic (exact) mass is 276 g/mol. The van der Waals surface area contributed by atoms with Gasteiger partial charge in [-0.25, -0.2) is 0 Å². The number of hydrogen-bond donors (Lipinski definition) is 2. The summed E-state index contributed by atoms with van der Waals surface area (Å²) in [6.07, 6.45) is 2.75. The lowest BCUT2D eigenvalue weighted by Crippen LogP contribution is -2.28. The molecule has 2 N–H and O–H groups in total. The van der Waals surface area contributed by atoms with Crippen molar-refractivity contribution in [2.45, 2.75) is 26.3 Å². The van der Waals surface area contributed by atoms with Crippen LogP contribution in [0.3, 0.4) is 0 Å². The second kappa shape index (κ2) is 9.15. The van der Waals surface area contributed by atoms with Crippen LogP contribution in [-0.4, -0.2) is 25.6 Å². The first kappa shape index (κ1) is 16.2. The Morgan fingerprint density at radius 2 is 2.10 bits per heavy atom. The predicted octanol–water partition coefficient (Wildman–Crippen LogP) is 2.43. The molecular weight excluding hydrogens is 252 g/mol. The molecule has 0 aromatic heterocycles. The second-order valence-electron chi connectivity index (χ2n) is 4.63. The van der Waals surface area contributed by atoms with Gasteiger partial charge in [-0.15, -0.1) is 6.58 Å². The minimum atomic E-state index is -0.146. The van der Waals surface area contributed by atoms with Gasteiger partial charge in [0.05, 0.1) is 0 Å². The molecule has 0 bridgehead atoms. The van der Waals surface area contributed by atoms with Crippen LogP contribution in [0.2, 0.25) is 0 Å². The van der Waals surface area contributed by atoms with Crippen LogP contribution in [0.4, 0.5) is 0 Å². The number of nitrogens with one attached hydrogen (secondary N) is 2. The molecule has 4 nitrogen and oxygen atoms in total. The number of carbonyl (C=O) groups excluding carboxylic acids is 1. The lowest BCUT2D eigenvalue weighted by atomic mass is 10.1. The first-order chi connectivity index (χ1) is 9.67. The lowest BCUT2D eigenvalue weighted by molar-refractivity contribution is -0.122. The topological polar surface area (TPSA) is 50.4 Å². The molecule has 0 spiro atoms. The molecule has 1 aromatic rings. The van der Waals surface area contributed by atoms with Crippen LogP contribution in [0.25, 0.3) is 0 Å². The highest BCUT2D eigenvalue weighted by Gasteiger charge is 2.05. The highest BCUT2D eigenvalue weighted by atomic mass is 16.5. The quantitative estimate of drug-likeness (QED) is 0.681. The van der Waals surface area contributed by atoms with Gasteiger partial charge in [0.1, 0.15) is 5.75 Å². The van der Waals surface area contributed by atoms with E-state index in [4.69, 9.17) is 4.74 Å². The zero-order valence-corrected chi connectivity index (χ0v) is 12.3. The van der Waals surface area contributed by atoms with Crippen LogP contribution >= 0.6 is 0 Å². The van der Waals surface area contributed by atoms with Gasteiger partial charge in [-0.2, -0.15) is 0 Å². The average Bonchev–Trinajstić information content (AvgIpc) is 2.49. The SMILES string of the molecule is C=CCNC(=O)COc1ccc(C(C)NCCC)cc1. The largest absolute Gasteiger partial charge is 0.484 e. The van der Waals surface area contributed by atoms with Gasteiger partial charge in [-0.3, -0.25) is 4.79 Å². The fraction of sp³-hybridized carbons (Fsp3) is 0.438. The smallest absolute Gasteiger partial charge is 0.258 e. The molecule has 1 rings (SSSR count). The zero-order chi connectivity index (χ0) is 14.8. The zero-order valence-electron chi connectivity index (χ0n) is 12.3. The molecule has 20 heavy (non-hydrogen) atoms. The average molecular weight is 276 g/mol. The number of hydrogen-bond acceptors (Lipinski definition) is 3. The van der Waals surface area contributed by atoms with Crippen LogP contribution in [0.1, 0.15) is 31.9 Å². The fourth-order valence-electron chi connectivity index (χ4n) is 1.72. The Bertz CT molecular complexity index is 415. The molecule has 0 saturated heterocycles. The molecule has 1 unspecified atom stereocenters. The van der Waals surface area contributed by atoms with Gasteiger partial charge in [0, 0.05) is 12.6 Å². The summed E-state index contributed by atoms with van der Waals surface area (Å²) >= 11 is 0. The second-order valence-corrected chi connectivity index (χ2v) is 4.63. The molecule has 110 valence electrons. The summed E-state index contributed by atoms with van der Waals surface area (Å²) in [5.74, 6) is 0.553. The van der Waals surface area contributed by atoms with E-state index in [1.165, 1.54) is 5.56 Å². The molecule has 4 heteroatoms. The third-order valence-electron chi connectivity index (χ3n) is 2.89. The normalized spacial score (nSPS) is 11.7. The molecule has 1 aromatic carbocycles. The molecule has 0 heterocycles. The minimum absolute atomic E-state index is 0.0246. The van der Waals surface area contributed by atoms with E-state index in [1.54, 1.807) is 6.08 Å². The van der Waals surface area contributed by atoms with E-state index in [0.717, 1.165) is 13.0 Å². The van der Waals surface area contributed by atoms with Crippen LogP contribution in [0.5, 0.6) is 5.75 Å². The Morgan fingerprint density at radius 1 is 1.40 bits per heavy atom. The molecule has 0 aliphatic carbocycles. The van der Waals surface area contributed by atoms with E-state index in [1.807, 2.05) is 24.3 Å². The number of rotatable bonds is 9. The summed E-state index contributed by atoms with van der Waals surface area (Å²) in [6, 6.07) is 8.13. The molecule has 1 atom stereocenters. The van der Waals surface area contributed by atoms with Gasteiger partial charge in [0.25, 0.3) is 5.91 Å². The number of ether oxygens (including phenoxy) is 1. The number of carbonyl (C=O) groups is 1. The molecule has 1 amide bonds. The maximum absolute atomic E-state index is 11.4. The van der Waals surface area contributed by atoms with Crippen molar-refractivity contribution in [3.05, 3.63) is 42.5 Å². The maximum Gasteiger partial charge on any atom is 0.258 e.